The first-order chi connectivity index (χ1) is 14.3. The van der Waals surface area contributed by atoms with Gasteiger partial charge in [-0.05, 0) is 68.0 Å². The summed E-state index contributed by atoms with van der Waals surface area (Å²) in [7, 11) is -3.53. The molecule has 3 aromatic rings. The average Bonchev–Trinajstić information content (AvgIpc) is 3.16. The molecule has 0 radical (unpaired) electrons. The number of hydrogen-bond donors (Lipinski definition) is 1. The number of nitrogens with zero attached hydrogens (tertiary/aromatic N) is 2. The van der Waals surface area contributed by atoms with E-state index in [4.69, 9.17) is 0 Å². The lowest BCUT2D eigenvalue weighted by molar-refractivity contribution is 0.102. The number of fused-ring (bicyclic) bond motifs is 1. The zero-order valence-electron chi connectivity index (χ0n) is 17.3. The Labute approximate surface area is 181 Å². The van der Waals surface area contributed by atoms with Gasteiger partial charge in [-0.25, -0.2) is 13.4 Å². The number of carbonyl (C=O) groups is 1. The Morgan fingerprint density at radius 1 is 1.13 bits per heavy atom. The molecule has 6 nitrogen and oxygen atoms in total. The maximum absolute atomic E-state index is 12.9. The first-order valence-electron chi connectivity index (χ1n) is 10.0. The summed E-state index contributed by atoms with van der Waals surface area (Å²) in [5, 5.41) is 3.37. The Bertz CT molecular complexity index is 1160. The van der Waals surface area contributed by atoms with E-state index in [0.717, 1.165) is 34.2 Å². The fraction of sp³-hybridized carbons (Fsp3) is 0.364. The summed E-state index contributed by atoms with van der Waals surface area (Å²) in [5.41, 5.74) is 3.48. The fourth-order valence-corrected chi connectivity index (χ4v) is 6.38. The van der Waals surface area contributed by atoms with Gasteiger partial charge in [-0.15, -0.1) is 0 Å². The van der Waals surface area contributed by atoms with Gasteiger partial charge >= 0.3 is 0 Å². The van der Waals surface area contributed by atoms with Crippen LogP contribution in [0.4, 0.5) is 5.13 Å². The third kappa shape index (κ3) is 3.99. The van der Waals surface area contributed by atoms with Crippen LogP contribution in [-0.4, -0.2) is 36.7 Å². The highest BCUT2D eigenvalue weighted by Crippen LogP contribution is 2.31. The number of hydrogen-bond acceptors (Lipinski definition) is 5. The molecule has 1 atom stereocenters. The Balaban J connectivity index is 1.52. The summed E-state index contributed by atoms with van der Waals surface area (Å²) < 4.78 is 28.4. The van der Waals surface area contributed by atoms with Crippen molar-refractivity contribution in [2.75, 3.05) is 18.4 Å². The van der Waals surface area contributed by atoms with Gasteiger partial charge in [0.25, 0.3) is 5.91 Å². The number of rotatable bonds is 4. The summed E-state index contributed by atoms with van der Waals surface area (Å²) in [4.78, 5) is 17.4. The lowest BCUT2D eigenvalue weighted by Gasteiger charge is -2.30. The average molecular weight is 444 g/mol. The lowest BCUT2D eigenvalue weighted by Crippen LogP contribution is -2.39. The second-order valence-electron chi connectivity index (χ2n) is 7.99. The largest absolute Gasteiger partial charge is 0.298 e. The highest BCUT2D eigenvalue weighted by molar-refractivity contribution is 7.89. The van der Waals surface area contributed by atoms with Crippen LogP contribution >= 0.6 is 11.3 Å². The number of thiazole rings is 1. The summed E-state index contributed by atoms with van der Waals surface area (Å²) >= 11 is 1.44. The van der Waals surface area contributed by atoms with Gasteiger partial charge in [-0.2, -0.15) is 4.31 Å². The van der Waals surface area contributed by atoms with Crippen LogP contribution < -0.4 is 5.32 Å². The number of sulfonamides is 1. The van der Waals surface area contributed by atoms with E-state index < -0.39 is 10.0 Å². The second-order valence-corrected chi connectivity index (χ2v) is 10.9. The topological polar surface area (TPSA) is 79.4 Å². The first-order valence-corrected chi connectivity index (χ1v) is 12.3. The third-order valence-electron chi connectivity index (χ3n) is 5.54. The van der Waals surface area contributed by atoms with Gasteiger partial charge in [0.1, 0.15) is 0 Å². The van der Waals surface area contributed by atoms with Gasteiger partial charge in [0, 0.05) is 18.7 Å². The number of aryl methyl sites for hydroxylation is 2. The van der Waals surface area contributed by atoms with Crippen LogP contribution in [0, 0.1) is 19.8 Å². The molecule has 0 saturated carbocycles. The zero-order chi connectivity index (χ0) is 21.5. The molecule has 0 bridgehead atoms. The summed E-state index contributed by atoms with van der Waals surface area (Å²) in [6.07, 6.45) is 1.93. The Hall–Kier alpha value is -2.29. The van der Waals surface area contributed by atoms with Gasteiger partial charge in [0.2, 0.25) is 10.0 Å². The number of carbonyl (C=O) groups excluding carboxylic acids is 1. The predicted octanol–water partition coefficient (Wildman–Crippen LogP) is 4.59. The van der Waals surface area contributed by atoms with Crippen LogP contribution in [0.5, 0.6) is 0 Å². The molecule has 1 N–H and O–H groups in total. The van der Waals surface area contributed by atoms with E-state index >= 15 is 0 Å². The molecule has 158 valence electrons. The summed E-state index contributed by atoms with van der Waals surface area (Å²) in [6.45, 7) is 7.18. The first kappa shape index (κ1) is 21.0. The van der Waals surface area contributed by atoms with E-state index in [2.05, 4.69) is 17.2 Å². The monoisotopic (exact) mass is 443 g/mol. The van der Waals surface area contributed by atoms with E-state index in [1.807, 2.05) is 26.0 Å². The number of piperidine rings is 1. The maximum Gasteiger partial charge on any atom is 0.257 e. The molecule has 1 saturated heterocycles. The second kappa shape index (κ2) is 8.09. The SMILES string of the molecule is Cc1ccc(C)c2sc(NC(=O)c3ccc(S(=O)(=O)N4CCC[C@@H](C)C4)cc3)nc12. The van der Waals surface area contributed by atoms with Gasteiger partial charge in [-0.3, -0.25) is 10.1 Å². The predicted molar refractivity (Wildman–Crippen MR) is 121 cm³/mol. The number of nitrogens with one attached hydrogen (secondary N) is 1. The lowest BCUT2D eigenvalue weighted by atomic mass is 10.0. The van der Waals surface area contributed by atoms with Gasteiger partial charge in [-0.1, -0.05) is 30.4 Å². The van der Waals surface area contributed by atoms with E-state index in [1.165, 1.54) is 23.5 Å². The van der Waals surface area contributed by atoms with Crippen LogP contribution in [-0.2, 0) is 10.0 Å². The summed E-state index contributed by atoms with van der Waals surface area (Å²) in [5.74, 6) is 0.0552. The van der Waals surface area contributed by atoms with Crippen molar-refractivity contribution >= 4 is 42.6 Å². The van der Waals surface area contributed by atoms with Crippen LogP contribution in [0.1, 0.15) is 41.3 Å². The van der Waals surface area contributed by atoms with Crippen molar-refractivity contribution in [2.24, 2.45) is 5.92 Å². The molecule has 1 aliphatic rings. The van der Waals surface area contributed by atoms with Crippen molar-refractivity contribution in [1.29, 1.82) is 0 Å². The van der Waals surface area contributed by atoms with Crippen LogP contribution in [0.2, 0.25) is 0 Å². The molecule has 1 fully saturated rings. The van der Waals surface area contributed by atoms with Crippen molar-refractivity contribution in [3.05, 3.63) is 53.1 Å². The zero-order valence-corrected chi connectivity index (χ0v) is 18.9. The minimum atomic E-state index is -3.53. The summed E-state index contributed by atoms with van der Waals surface area (Å²) in [6, 6.07) is 10.2. The smallest absolute Gasteiger partial charge is 0.257 e. The minimum absolute atomic E-state index is 0.222. The molecule has 8 heteroatoms. The maximum atomic E-state index is 12.9. The number of aromatic nitrogens is 1. The van der Waals surface area contributed by atoms with E-state index in [9.17, 15) is 13.2 Å². The minimum Gasteiger partial charge on any atom is -0.298 e. The van der Waals surface area contributed by atoms with Crippen molar-refractivity contribution in [3.8, 4) is 0 Å². The highest BCUT2D eigenvalue weighted by Gasteiger charge is 2.28. The molecule has 0 spiro atoms. The quantitative estimate of drug-likeness (QED) is 0.640. The van der Waals surface area contributed by atoms with Gasteiger partial charge in [0.05, 0.1) is 15.1 Å². The molecule has 1 aliphatic heterocycles. The van der Waals surface area contributed by atoms with Crippen molar-refractivity contribution < 1.29 is 13.2 Å². The molecule has 1 aromatic heterocycles. The molecule has 4 rings (SSSR count). The molecule has 2 heterocycles. The van der Waals surface area contributed by atoms with Crippen LogP contribution in [0.3, 0.4) is 0 Å². The molecule has 2 aromatic carbocycles. The molecule has 0 unspecified atom stereocenters. The Kier molecular flexibility index (Phi) is 5.65. The van der Waals surface area contributed by atoms with E-state index in [1.54, 1.807) is 16.4 Å². The normalized spacial score (nSPS) is 17.9. The highest BCUT2D eigenvalue weighted by atomic mass is 32.2. The van der Waals surface area contributed by atoms with Crippen LogP contribution in [0.15, 0.2) is 41.3 Å². The molecule has 1 amide bonds. The third-order valence-corrected chi connectivity index (χ3v) is 8.52. The van der Waals surface area contributed by atoms with Crippen molar-refractivity contribution in [2.45, 2.75) is 38.5 Å². The van der Waals surface area contributed by atoms with Crippen LogP contribution in [0.25, 0.3) is 10.2 Å². The molecular formula is C22H25N3O3S2. The molecular weight excluding hydrogens is 418 g/mol. The van der Waals surface area contributed by atoms with Crippen molar-refractivity contribution in [3.63, 3.8) is 0 Å². The standard InChI is InChI=1S/C22H25N3O3S2/c1-14-5-4-12-25(13-14)30(27,28)18-10-8-17(9-11-18)21(26)24-22-23-19-15(2)6-7-16(3)20(19)29-22/h6-11,14H,4-5,12-13H2,1-3H3,(H,23,24,26)/t14-/m1/s1. The number of benzene rings is 2. The molecule has 30 heavy (non-hydrogen) atoms. The number of amides is 1. The fourth-order valence-electron chi connectivity index (χ4n) is 3.77. The Morgan fingerprint density at radius 3 is 2.50 bits per heavy atom. The number of anilines is 1. The van der Waals surface area contributed by atoms with E-state index in [-0.39, 0.29) is 10.8 Å². The molecule has 0 aliphatic carbocycles. The van der Waals surface area contributed by atoms with Gasteiger partial charge in [0.15, 0.2) is 5.13 Å². The van der Waals surface area contributed by atoms with E-state index in [0.29, 0.717) is 29.7 Å². The van der Waals surface area contributed by atoms with Crippen molar-refractivity contribution in [1.82, 2.24) is 9.29 Å². The van der Waals surface area contributed by atoms with Gasteiger partial charge < -0.3 is 0 Å². The Morgan fingerprint density at radius 2 is 1.83 bits per heavy atom.